The molecule has 0 heterocycles. The van der Waals surface area contributed by atoms with Gasteiger partial charge in [0, 0.05) is 0 Å². The molecule has 0 saturated carbocycles. The summed E-state index contributed by atoms with van der Waals surface area (Å²) in [5.41, 5.74) is 0.815. The second-order valence-corrected chi connectivity index (χ2v) is 4.83. The van der Waals surface area contributed by atoms with Crippen LogP contribution >= 0.6 is 0 Å². The maximum atomic E-state index is 13.9. The number of hydrogen-bond acceptors (Lipinski definition) is 2. The van der Waals surface area contributed by atoms with Crippen molar-refractivity contribution in [3.8, 4) is 17.6 Å². The molecule has 0 amide bonds. The lowest BCUT2D eigenvalue weighted by atomic mass is 9.98. The first kappa shape index (κ1) is 15.0. The molecule has 2 aromatic carbocycles. The minimum atomic E-state index is -0.884. The summed E-state index contributed by atoms with van der Waals surface area (Å²) in [5, 5.41) is 8.69. The van der Waals surface area contributed by atoms with Gasteiger partial charge in [-0.05, 0) is 36.1 Å². The van der Waals surface area contributed by atoms with E-state index >= 15 is 0 Å². The summed E-state index contributed by atoms with van der Waals surface area (Å²) >= 11 is 0. The van der Waals surface area contributed by atoms with Crippen molar-refractivity contribution in [2.45, 2.75) is 26.2 Å². The van der Waals surface area contributed by atoms with E-state index in [0.29, 0.717) is 5.75 Å². The van der Waals surface area contributed by atoms with Crippen LogP contribution in [0.2, 0.25) is 0 Å². The Bertz CT molecular complexity index is 668. The van der Waals surface area contributed by atoms with Gasteiger partial charge in [-0.15, -0.1) is 0 Å². The summed E-state index contributed by atoms with van der Waals surface area (Å²) < 4.78 is 33.2. The number of nitrogens with zero attached hydrogens (tertiary/aromatic N) is 1. The maximum absolute atomic E-state index is 13.9. The fourth-order valence-electron chi connectivity index (χ4n) is 2.03. The Morgan fingerprint density at radius 1 is 1.19 bits per heavy atom. The summed E-state index contributed by atoms with van der Waals surface area (Å²) in [6, 6.07) is 10.8. The van der Waals surface area contributed by atoms with Crippen LogP contribution in [0.25, 0.3) is 0 Å². The smallest absolute Gasteiger partial charge is 0.198 e. The minimum Gasteiger partial charge on any atom is -0.451 e. The van der Waals surface area contributed by atoms with Gasteiger partial charge in [0.1, 0.15) is 5.75 Å². The molecule has 0 N–H and O–H groups in total. The van der Waals surface area contributed by atoms with Crippen LogP contribution < -0.4 is 4.74 Å². The highest BCUT2D eigenvalue weighted by Crippen LogP contribution is 2.34. The molecule has 2 rings (SSSR count). The van der Waals surface area contributed by atoms with Crippen LogP contribution in [0, 0.1) is 23.0 Å². The minimum absolute atomic E-state index is 0.0763. The van der Waals surface area contributed by atoms with E-state index in [-0.39, 0.29) is 11.5 Å². The maximum Gasteiger partial charge on any atom is 0.198 e. The van der Waals surface area contributed by atoms with Crippen molar-refractivity contribution in [2.24, 2.45) is 0 Å². The van der Waals surface area contributed by atoms with Crippen LogP contribution in [-0.2, 0) is 0 Å². The Labute approximate surface area is 122 Å². The largest absolute Gasteiger partial charge is 0.451 e. The van der Waals surface area contributed by atoms with Gasteiger partial charge in [-0.25, -0.2) is 8.78 Å². The lowest BCUT2D eigenvalue weighted by molar-refractivity contribution is 0.401. The number of ether oxygens (including phenoxy) is 1. The summed E-state index contributed by atoms with van der Waals surface area (Å²) in [6.07, 6.45) is 0.888. The molecular weight excluding hydrogens is 272 g/mol. The van der Waals surface area contributed by atoms with Crippen LogP contribution in [0.15, 0.2) is 36.4 Å². The number of halogens is 2. The average Bonchev–Trinajstić information content (AvgIpc) is 2.50. The van der Waals surface area contributed by atoms with E-state index in [1.807, 2.05) is 26.0 Å². The molecule has 0 aliphatic carbocycles. The molecule has 0 bridgehead atoms. The van der Waals surface area contributed by atoms with E-state index in [0.717, 1.165) is 24.1 Å². The number of para-hydroxylation sites is 1. The summed E-state index contributed by atoms with van der Waals surface area (Å²) in [5.74, 6) is -1.61. The molecule has 0 aliphatic rings. The van der Waals surface area contributed by atoms with Gasteiger partial charge in [0.25, 0.3) is 0 Å². The number of benzene rings is 2. The SMILES string of the molecule is CCC(C)c1ccccc1Oc1c(F)cc(C#N)cc1F. The molecule has 0 radical (unpaired) electrons. The second kappa shape index (κ2) is 6.36. The topological polar surface area (TPSA) is 33.0 Å². The standard InChI is InChI=1S/C17H15F2NO/c1-3-11(2)13-6-4-5-7-16(13)21-17-14(18)8-12(10-20)9-15(17)19/h4-9,11H,3H2,1-2H3. The number of rotatable bonds is 4. The zero-order valence-electron chi connectivity index (χ0n) is 11.9. The van der Waals surface area contributed by atoms with E-state index in [2.05, 4.69) is 0 Å². The van der Waals surface area contributed by atoms with Crippen molar-refractivity contribution >= 4 is 0 Å². The van der Waals surface area contributed by atoms with E-state index in [9.17, 15) is 8.78 Å². The number of nitriles is 1. The zero-order chi connectivity index (χ0) is 15.4. The molecule has 2 aromatic rings. The lowest BCUT2D eigenvalue weighted by Crippen LogP contribution is -1.99. The molecule has 0 aromatic heterocycles. The van der Waals surface area contributed by atoms with Gasteiger partial charge in [-0.1, -0.05) is 32.0 Å². The molecule has 0 aliphatic heterocycles. The van der Waals surface area contributed by atoms with Gasteiger partial charge in [0.15, 0.2) is 17.4 Å². The van der Waals surface area contributed by atoms with E-state index in [1.54, 1.807) is 18.2 Å². The molecule has 21 heavy (non-hydrogen) atoms. The fourth-order valence-corrected chi connectivity index (χ4v) is 2.03. The quantitative estimate of drug-likeness (QED) is 0.779. The predicted octanol–water partition coefficient (Wildman–Crippen LogP) is 5.14. The third kappa shape index (κ3) is 3.19. The molecule has 0 fully saturated rings. The second-order valence-electron chi connectivity index (χ2n) is 4.83. The lowest BCUT2D eigenvalue weighted by Gasteiger charge is -2.16. The predicted molar refractivity (Wildman–Crippen MR) is 76.3 cm³/mol. The van der Waals surface area contributed by atoms with Crippen molar-refractivity contribution in [1.82, 2.24) is 0 Å². The first-order valence-electron chi connectivity index (χ1n) is 6.72. The Morgan fingerprint density at radius 3 is 2.38 bits per heavy atom. The molecule has 0 saturated heterocycles. The monoisotopic (exact) mass is 287 g/mol. The van der Waals surface area contributed by atoms with Gasteiger partial charge in [0.05, 0.1) is 11.6 Å². The summed E-state index contributed by atoms with van der Waals surface area (Å²) in [4.78, 5) is 0. The van der Waals surface area contributed by atoms with Crippen molar-refractivity contribution in [2.75, 3.05) is 0 Å². The van der Waals surface area contributed by atoms with Crippen molar-refractivity contribution in [1.29, 1.82) is 5.26 Å². The Kier molecular flexibility index (Phi) is 4.54. The highest BCUT2D eigenvalue weighted by Gasteiger charge is 2.16. The highest BCUT2D eigenvalue weighted by atomic mass is 19.1. The molecule has 1 atom stereocenters. The van der Waals surface area contributed by atoms with Crippen LogP contribution in [0.1, 0.15) is 37.3 Å². The van der Waals surface area contributed by atoms with Crippen molar-refractivity contribution in [3.63, 3.8) is 0 Å². The third-order valence-corrected chi connectivity index (χ3v) is 3.40. The van der Waals surface area contributed by atoms with Gasteiger partial charge >= 0.3 is 0 Å². The zero-order valence-corrected chi connectivity index (χ0v) is 11.9. The average molecular weight is 287 g/mol. The molecule has 108 valence electrons. The fraction of sp³-hybridized carbons (Fsp3) is 0.235. The first-order valence-corrected chi connectivity index (χ1v) is 6.72. The van der Waals surface area contributed by atoms with Gasteiger partial charge in [0.2, 0.25) is 0 Å². The summed E-state index contributed by atoms with van der Waals surface area (Å²) in [6.45, 7) is 4.05. The van der Waals surface area contributed by atoms with E-state index < -0.39 is 17.4 Å². The number of hydrogen-bond donors (Lipinski definition) is 0. The molecular formula is C17H15F2NO. The Balaban J connectivity index is 2.42. The van der Waals surface area contributed by atoms with Crippen LogP contribution in [0.4, 0.5) is 8.78 Å². The van der Waals surface area contributed by atoms with Crippen molar-refractivity contribution in [3.05, 3.63) is 59.2 Å². The third-order valence-electron chi connectivity index (χ3n) is 3.40. The highest BCUT2D eigenvalue weighted by molar-refractivity contribution is 5.43. The summed E-state index contributed by atoms with van der Waals surface area (Å²) in [7, 11) is 0. The van der Waals surface area contributed by atoms with E-state index in [1.165, 1.54) is 0 Å². The van der Waals surface area contributed by atoms with Gasteiger partial charge in [-0.3, -0.25) is 0 Å². The normalized spacial score (nSPS) is 11.8. The molecule has 4 heteroatoms. The van der Waals surface area contributed by atoms with Crippen LogP contribution in [0.3, 0.4) is 0 Å². The van der Waals surface area contributed by atoms with Crippen LogP contribution in [-0.4, -0.2) is 0 Å². The molecule has 0 spiro atoms. The van der Waals surface area contributed by atoms with E-state index in [4.69, 9.17) is 10.00 Å². The van der Waals surface area contributed by atoms with Crippen LogP contribution in [0.5, 0.6) is 11.5 Å². The van der Waals surface area contributed by atoms with Gasteiger partial charge in [-0.2, -0.15) is 5.26 Å². The van der Waals surface area contributed by atoms with Crippen molar-refractivity contribution < 1.29 is 13.5 Å². The first-order chi connectivity index (χ1) is 10.1. The Morgan fingerprint density at radius 2 is 1.81 bits per heavy atom. The molecule has 2 nitrogen and oxygen atoms in total. The Hall–Kier alpha value is -2.41. The molecule has 1 unspecified atom stereocenters. The van der Waals surface area contributed by atoms with Gasteiger partial charge < -0.3 is 4.74 Å².